The van der Waals surface area contributed by atoms with Gasteiger partial charge in [-0.15, -0.1) is 0 Å². The van der Waals surface area contributed by atoms with Crippen LogP contribution in [-0.2, 0) is 4.79 Å². The van der Waals surface area contributed by atoms with Gasteiger partial charge in [0, 0.05) is 25.8 Å². The van der Waals surface area contributed by atoms with Crippen LogP contribution in [0.3, 0.4) is 0 Å². The summed E-state index contributed by atoms with van der Waals surface area (Å²) in [6, 6.07) is 12.4. The average Bonchev–Trinajstić information content (AvgIpc) is 3.44. The Kier molecular flexibility index (Phi) is 4.47. The summed E-state index contributed by atoms with van der Waals surface area (Å²) in [6.07, 6.45) is 6.74. The largest absolute Gasteiger partial charge is 0.356 e. The van der Waals surface area contributed by atoms with Crippen molar-refractivity contribution in [3.63, 3.8) is 0 Å². The first-order valence-electron chi connectivity index (χ1n) is 10.3. The number of rotatable bonds is 3. The summed E-state index contributed by atoms with van der Waals surface area (Å²) in [5, 5.41) is 1.01. The van der Waals surface area contributed by atoms with Crippen molar-refractivity contribution < 1.29 is 4.79 Å². The number of aromatic amines is 1. The van der Waals surface area contributed by atoms with Crippen molar-refractivity contribution in [2.45, 2.75) is 37.3 Å². The fourth-order valence-corrected chi connectivity index (χ4v) is 4.76. The Labute approximate surface area is 169 Å². The molecular formula is C22H26N6O. The molecule has 7 nitrogen and oxygen atoms in total. The topological polar surface area (TPSA) is 91.1 Å². The van der Waals surface area contributed by atoms with Crippen molar-refractivity contribution in [2.75, 3.05) is 24.5 Å². The number of hydrogen-bond acceptors (Lipinski definition) is 5. The highest BCUT2D eigenvalue weighted by Gasteiger charge is 2.44. The maximum Gasteiger partial charge on any atom is 0.243 e. The number of nitrogens with one attached hydrogen (secondary N) is 1. The molecule has 5 rings (SSSR count). The molecule has 2 fully saturated rings. The molecule has 3 N–H and O–H groups in total. The van der Waals surface area contributed by atoms with Gasteiger partial charge in [-0.2, -0.15) is 0 Å². The number of carbonyl (C=O) groups excluding carboxylic acids is 1. The number of aromatic nitrogens is 3. The number of likely N-dealkylation sites (tertiary alicyclic amines) is 1. The lowest BCUT2D eigenvalue weighted by Gasteiger charge is -2.41. The van der Waals surface area contributed by atoms with Crippen LogP contribution in [0, 0.1) is 0 Å². The van der Waals surface area contributed by atoms with Crippen molar-refractivity contribution >= 4 is 22.8 Å². The van der Waals surface area contributed by atoms with E-state index in [0.717, 1.165) is 36.2 Å². The smallest absolute Gasteiger partial charge is 0.243 e. The predicted octanol–water partition coefficient (Wildman–Crippen LogP) is 2.62. The molecule has 29 heavy (non-hydrogen) atoms. The van der Waals surface area contributed by atoms with Gasteiger partial charge in [0.1, 0.15) is 17.8 Å². The predicted molar refractivity (Wildman–Crippen MR) is 112 cm³/mol. The van der Waals surface area contributed by atoms with Crippen molar-refractivity contribution in [1.29, 1.82) is 0 Å². The molecule has 4 heterocycles. The summed E-state index contributed by atoms with van der Waals surface area (Å²) in [6.45, 7) is 2.21. The van der Waals surface area contributed by atoms with Crippen LogP contribution >= 0.6 is 0 Å². The van der Waals surface area contributed by atoms with E-state index in [1.54, 1.807) is 6.33 Å². The molecule has 0 aliphatic carbocycles. The molecule has 7 heteroatoms. The van der Waals surface area contributed by atoms with Gasteiger partial charge in [-0.3, -0.25) is 4.79 Å². The normalized spacial score (nSPS) is 21.6. The van der Waals surface area contributed by atoms with Crippen LogP contribution in [0.4, 0.5) is 5.82 Å². The highest BCUT2D eigenvalue weighted by Crippen LogP contribution is 2.36. The van der Waals surface area contributed by atoms with E-state index in [0.29, 0.717) is 25.9 Å². The molecule has 1 aromatic carbocycles. The number of nitrogens with two attached hydrogens (primary N) is 1. The molecule has 150 valence electrons. The minimum atomic E-state index is -0.807. The Morgan fingerprint density at radius 2 is 1.90 bits per heavy atom. The molecule has 1 amide bonds. The van der Waals surface area contributed by atoms with E-state index in [2.05, 4.69) is 32.0 Å². The third-order valence-corrected chi connectivity index (χ3v) is 6.41. The summed E-state index contributed by atoms with van der Waals surface area (Å²) in [5.41, 5.74) is 7.93. The number of amides is 1. The lowest BCUT2D eigenvalue weighted by Crippen LogP contribution is -2.60. The summed E-state index contributed by atoms with van der Waals surface area (Å²) in [5.74, 6) is 1.01. The first-order chi connectivity index (χ1) is 14.2. The molecule has 1 atom stereocenters. The van der Waals surface area contributed by atoms with Crippen LogP contribution in [0.25, 0.3) is 11.0 Å². The number of hydrogen-bond donors (Lipinski definition) is 2. The van der Waals surface area contributed by atoms with Gasteiger partial charge in [0.05, 0.1) is 17.0 Å². The van der Waals surface area contributed by atoms with E-state index in [9.17, 15) is 4.79 Å². The highest BCUT2D eigenvalue weighted by atomic mass is 16.2. The number of H-pyrrole nitrogens is 1. The summed E-state index contributed by atoms with van der Waals surface area (Å²) >= 11 is 0. The molecule has 3 aromatic rings. The van der Waals surface area contributed by atoms with Crippen LogP contribution < -0.4 is 10.6 Å². The third-order valence-electron chi connectivity index (χ3n) is 6.41. The van der Waals surface area contributed by atoms with Crippen LogP contribution in [0.1, 0.15) is 37.3 Å². The average molecular weight is 390 g/mol. The maximum atomic E-state index is 13.5. The van der Waals surface area contributed by atoms with Gasteiger partial charge in [0.15, 0.2) is 0 Å². The lowest BCUT2D eigenvalue weighted by molar-refractivity contribution is -0.138. The molecule has 2 aliphatic rings. The SMILES string of the molecule is NC1(C(=O)N2CCCC2c2ccccc2)CCN(c2ncnc3[nH]ccc23)CC1. The van der Waals surface area contributed by atoms with Crippen LogP contribution in [-0.4, -0.2) is 50.9 Å². The van der Waals surface area contributed by atoms with E-state index in [1.807, 2.05) is 35.4 Å². The van der Waals surface area contributed by atoms with E-state index >= 15 is 0 Å². The van der Waals surface area contributed by atoms with Crippen molar-refractivity contribution in [2.24, 2.45) is 5.73 Å². The Hall–Kier alpha value is -2.93. The molecule has 0 saturated carbocycles. The van der Waals surface area contributed by atoms with Gasteiger partial charge in [0.25, 0.3) is 0 Å². The molecule has 2 saturated heterocycles. The quantitative estimate of drug-likeness (QED) is 0.717. The number of piperidine rings is 1. The minimum absolute atomic E-state index is 0.0954. The van der Waals surface area contributed by atoms with Crippen LogP contribution in [0.5, 0.6) is 0 Å². The Morgan fingerprint density at radius 3 is 2.69 bits per heavy atom. The molecule has 2 aliphatic heterocycles. The van der Waals surface area contributed by atoms with Gasteiger partial charge in [-0.1, -0.05) is 30.3 Å². The molecular weight excluding hydrogens is 364 g/mol. The zero-order valence-electron chi connectivity index (χ0n) is 16.4. The number of carbonyl (C=O) groups is 1. The zero-order valence-corrected chi connectivity index (χ0v) is 16.4. The molecule has 0 bridgehead atoms. The Balaban J connectivity index is 1.32. The van der Waals surface area contributed by atoms with Crippen LogP contribution in [0.15, 0.2) is 48.9 Å². The Bertz CT molecular complexity index is 1010. The zero-order chi connectivity index (χ0) is 19.8. The van der Waals surface area contributed by atoms with Crippen molar-refractivity contribution in [3.8, 4) is 0 Å². The lowest BCUT2D eigenvalue weighted by atomic mass is 9.86. The molecule has 1 unspecified atom stereocenters. The first-order valence-corrected chi connectivity index (χ1v) is 10.3. The van der Waals surface area contributed by atoms with Crippen molar-refractivity contribution in [3.05, 3.63) is 54.5 Å². The van der Waals surface area contributed by atoms with Crippen LogP contribution in [0.2, 0.25) is 0 Å². The number of fused-ring (bicyclic) bond motifs is 1. The molecule has 0 spiro atoms. The third kappa shape index (κ3) is 3.15. The van der Waals surface area contributed by atoms with Gasteiger partial charge >= 0.3 is 0 Å². The van der Waals surface area contributed by atoms with Gasteiger partial charge in [0.2, 0.25) is 5.91 Å². The van der Waals surface area contributed by atoms with Gasteiger partial charge in [-0.05, 0) is 37.3 Å². The fourth-order valence-electron chi connectivity index (χ4n) is 4.76. The summed E-state index contributed by atoms with van der Waals surface area (Å²) in [4.78, 5) is 29.6. The van der Waals surface area contributed by atoms with E-state index in [4.69, 9.17) is 5.73 Å². The monoisotopic (exact) mass is 390 g/mol. The number of anilines is 1. The Morgan fingerprint density at radius 1 is 1.10 bits per heavy atom. The number of nitrogens with zero attached hydrogens (tertiary/aromatic N) is 4. The second-order valence-electron chi connectivity index (χ2n) is 8.15. The number of benzene rings is 1. The molecule has 2 aromatic heterocycles. The highest BCUT2D eigenvalue weighted by molar-refractivity contribution is 5.89. The van der Waals surface area contributed by atoms with E-state index in [1.165, 1.54) is 5.56 Å². The standard InChI is InChI=1S/C22H26N6O/c23-22(21(29)28-12-4-7-18(28)16-5-2-1-3-6-16)9-13-27(14-10-22)20-17-8-11-24-19(17)25-15-26-20/h1-3,5-6,8,11,15,18H,4,7,9-10,12-14,23H2,(H,24,25,26). The molecule has 0 radical (unpaired) electrons. The summed E-state index contributed by atoms with van der Waals surface area (Å²) < 4.78 is 0. The van der Waals surface area contributed by atoms with Gasteiger partial charge in [-0.25, -0.2) is 9.97 Å². The second-order valence-corrected chi connectivity index (χ2v) is 8.15. The van der Waals surface area contributed by atoms with Gasteiger partial charge < -0.3 is 20.5 Å². The second kappa shape index (κ2) is 7.15. The maximum absolute atomic E-state index is 13.5. The van der Waals surface area contributed by atoms with E-state index < -0.39 is 5.54 Å². The van der Waals surface area contributed by atoms with Crippen molar-refractivity contribution in [1.82, 2.24) is 19.9 Å². The fraction of sp³-hybridized carbons (Fsp3) is 0.409. The summed E-state index contributed by atoms with van der Waals surface area (Å²) in [7, 11) is 0. The first kappa shape index (κ1) is 18.1. The van der Waals surface area contributed by atoms with E-state index in [-0.39, 0.29) is 11.9 Å². The minimum Gasteiger partial charge on any atom is -0.356 e.